The van der Waals surface area contributed by atoms with Crippen molar-refractivity contribution < 1.29 is 13.9 Å². The van der Waals surface area contributed by atoms with Crippen molar-refractivity contribution in [3.05, 3.63) is 24.0 Å². The van der Waals surface area contributed by atoms with Crippen LogP contribution >= 0.6 is 0 Å². The van der Waals surface area contributed by atoms with Crippen LogP contribution in [0.1, 0.15) is 13.8 Å². The highest BCUT2D eigenvalue weighted by molar-refractivity contribution is 5.58. The van der Waals surface area contributed by atoms with Crippen LogP contribution in [0.3, 0.4) is 0 Å². The van der Waals surface area contributed by atoms with E-state index in [9.17, 15) is 4.39 Å². The zero-order valence-electron chi connectivity index (χ0n) is 12.2. The molecule has 0 saturated carbocycles. The lowest BCUT2D eigenvalue weighted by molar-refractivity contribution is 0.312. The first-order chi connectivity index (χ1) is 10.2. The molecule has 1 N–H and O–H groups in total. The summed E-state index contributed by atoms with van der Waals surface area (Å²) in [6, 6.07) is 4.74. The van der Waals surface area contributed by atoms with Crippen molar-refractivity contribution in [2.45, 2.75) is 13.8 Å². The van der Waals surface area contributed by atoms with Crippen LogP contribution in [0.15, 0.2) is 18.2 Å². The molecule has 0 bridgehead atoms. The van der Waals surface area contributed by atoms with Gasteiger partial charge >= 0.3 is 6.01 Å². The Morgan fingerprint density at radius 2 is 2.00 bits per heavy atom. The van der Waals surface area contributed by atoms with Gasteiger partial charge in [0, 0.05) is 12.1 Å². The highest BCUT2D eigenvalue weighted by Crippen LogP contribution is 2.24. The number of hydrogen-bond donors (Lipinski definition) is 1. The Bertz CT molecular complexity index is 598. The molecule has 1 aromatic heterocycles. The van der Waals surface area contributed by atoms with Gasteiger partial charge in [-0.05, 0) is 32.0 Å². The van der Waals surface area contributed by atoms with E-state index in [2.05, 4.69) is 20.3 Å². The van der Waals surface area contributed by atoms with Crippen LogP contribution in [0.5, 0.6) is 11.8 Å². The number of nitrogens with one attached hydrogen (secondary N) is 1. The van der Waals surface area contributed by atoms with E-state index in [0.717, 1.165) is 0 Å². The van der Waals surface area contributed by atoms with E-state index in [-0.39, 0.29) is 11.8 Å². The highest BCUT2D eigenvalue weighted by Gasteiger charge is 2.11. The third-order valence-corrected chi connectivity index (χ3v) is 2.63. The zero-order chi connectivity index (χ0) is 15.2. The molecule has 6 nitrogen and oxygen atoms in total. The van der Waals surface area contributed by atoms with Gasteiger partial charge in [-0.2, -0.15) is 15.0 Å². The van der Waals surface area contributed by atoms with Crippen molar-refractivity contribution in [2.75, 3.05) is 25.6 Å². The van der Waals surface area contributed by atoms with Gasteiger partial charge in [-0.1, -0.05) is 0 Å². The van der Waals surface area contributed by atoms with Crippen molar-refractivity contribution in [1.29, 1.82) is 0 Å². The van der Waals surface area contributed by atoms with E-state index in [1.807, 2.05) is 13.8 Å². The fourth-order valence-corrected chi connectivity index (χ4v) is 1.72. The molecule has 1 aromatic carbocycles. The van der Waals surface area contributed by atoms with Crippen LogP contribution in [0.2, 0.25) is 0 Å². The monoisotopic (exact) mass is 292 g/mol. The van der Waals surface area contributed by atoms with Gasteiger partial charge in [-0.25, -0.2) is 4.39 Å². The first-order valence-corrected chi connectivity index (χ1v) is 6.64. The summed E-state index contributed by atoms with van der Waals surface area (Å²) in [6.45, 7) is 4.86. The average Bonchev–Trinajstić information content (AvgIpc) is 2.47. The molecule has 0 atom stereocenters. The lowest BCUT2D eigenvalue weighted by Gasteiger charge is -2.09. The second-order valence-corrected chi connectivity index (χ2v) is 4.08. The van der Waals surface area contributed by atoms with E-state index in [0.29, 0.717) is 30.5 Å². The number of nitrogens with zero attached hydrogens (tertiary/aromatic N) is 3. The van der Waals surface area contributed by atoms with Gasteiger partial charge in [-0.3, -0.25) is 0 Å². The molecule has 0 saturated heterocycles. The van der Waals surface area contributed by atoms with E-state index in [1.54, 1.807) is 6.07 Å². The highest BCUT2D eigenvalue weighted by atomic mass is 19.1. The van der Waals surface area contributed by atoms with E-state index >= 15 is 0 Å². The van der Waals surface area contributed by atoms with Gasteiger partial charge in [0.25, 0.3) is 0 Å². The number of anilines is 1. The molecule has 7 heteroatoms. The first-order valence-electron chi connectivity index (χ1n) is 6.64. The summed E-state index contributed by atoms with van der Waals surface area (Å²) in [5, 5.41) is 2.99. The number of halogens is 1. The molecule has 0 spiro atoms. The van der Waals surface area contributed by atoms with Gasteiger partial charge in [0.15, 0.2) is 17.4 Å². The van der Waals surface area contributed by atoms with Crippen molar-refractivity contribution in [3.8, 4) is 23.1 Å². The summed E-state index contributed by atoms with van der Waals surface area (Å²) < 4.78 is 24.0. The second kappa shape index (κ2) is 6.83. The molecule has 1 heterocycles. The summed E-state index contributed by atoms with van der Waals surface area (Å²) in [5.41, 5.74) is 0.524. The number of benzene rings is 1. The SMILES string of the molecule is CCNc1nc(OCC)nc(-c2ccc(OC)c(F)c2)n1. The van der Waals surface area contributed by atoms with Crippen molar-refractivity contribution >= 4 is 5.95 Å². The molecular formula is C14H17FN4O2. The molecule has 112 valence electrons. The van der Waals surface area contributed by atoms with Crippen molar-refractivity contribution in [3.63, 3.8) is 0 Å². The molecule has 0 radical (unpaired) electrons. The third-order valence-electron chi connectivity index (χ3n) is 2.63. The molecule has 0 unspecified atom stereocenters. The summed E-state index contributed by atoms with van der Waals surface area (Å²) in [4.78, 5) is 12.6. The minimum atomic E-state index is -0.474. The predicted octanol–water partition coefficient (Wildman–Crippen LogP) is 2.52. The van der Waals surface area contributed by atoms with Gasteiger partial charge in [-0.15, -0.1) is 0 Å². The fourth-order valence-electron chi connectivity index (χ4n) is 1.72. The van der Waals surface area contributed by atoms with E-state index < -0.39 is 5.82 Å². The van der Waals surface area contributed by atoms with Gasteiger partial charge in [0.1, 0.15) is 0 Å². The fraction of sp³-hybridized carbons (Fsp3) is 0.357. The molecule has 2 rings (SSSR count). The number of ether oxygens (including phenoxy) is 2. The quantitative estimate of drug-likeness (QED) is 0.882. The smallest absolute Gasteiger partial charge is 0.321 e. The Labute approximate surface area is 122 Å². The minimum absolute atomic E-state index is 0.171. The zero-order valence-corrected chi connectivity index (χ0v) is 12.2. The number of aromatic nitrogens is 3. The molecule has 0 aliphatic rings. The topological polar surface area (TPSA) is 69.2 Å². The van der Waals surface area contributed by atoms with Crippen LogP contribution in [-0.2, 0) is 0 Å². The summed E-state index contributed by atoms with van der Waals surface area (Å²) >= 11 is 0. The molecule has 21 heavy (non-hydrogen) atoms. The molecule has 0 aliphatic heterocycles. The number of rotatable bonds is 6. The van der Waals surface area contributed by atoms with Gasteiger partial charge < -0.3 is 14.8 Å². The average molecular weight is 292 g/mol. The minimum Gasteiger partial charge on any atom is -0.494 e. The van der Waals surface area contributed by atoms with Crippen LogP contribution in [0.4, 0.5) is 10.3 Å². The lowest BCUT2D eigenvalue weighted by Crippen LogP contribution is -2.07. The Morgan fingerprint density at radius 3 is 2.62 bits per heavy atom. The molecular weight excluding hydrogens is 275 g/mol. The normalized spacial score (nSPS) is 10.3. The van der Waals surface area contributed by atoms with Crippen LogP contribution in [0.25, 0.3) is 11.4 Å². The largest absolute Gasteiger partial charge is 0.494 e. The first kappa shape index (κ1) is 15.0. The lowest BCUT2D eigenvalue weighted by atomic mass is 10.2. The summed E-state index contributed by atoms with van der Waals surface area (Å²) in [6.07, 6.45) is 0. The maximum Gasteiger partial charge on any atom is 0.321 e. The maximum absolute atomic E-state index is 13.8. The van der Waals surface area contributed by atoms with E-state index in [1.165, 1.54) is 19.2 Å². The molecule has 2 aromatic rings. The van der Waals surface area contributed by atoms with Crippen molar-refractivity contribution in [2.24, 2.45) is 0 Å². The second-order valence-electron chi connectivity index (χ2n) is 4.08. The molecule has 0 aliphatic carbocycles. The predicted molar refractivity (Wildman–Crippen MR) is 77.1 cm³/mol. The Hall–Kier alpha value is -2.44. The molecule has 0 amide bonds. The van der Waals surface area contributed by atoms with Crippen LogP contribution < -0.4 is 14.8 Å². The van der Waals surface area contributed by atoms with Gasteiger partial charge in [0.2, 0.25) is 5.95 Å². The van der Waals surface area contributed by atoms with Crippen molar-refractivity contribution in [1.82, 2.24) is 15.0 Å². The van der Waals surface area contributed by atoms with E-state index in [4.69, 9.17) is 9.47 Å². The van der Waals surface area contributed by atoms with Crippen LogP contribution in [0, 0.1) is 5.82 Å². The number of hydrogen-bond acceptors (Lipinski definition) is 6. The van der Waals surface area contributed by atoms with Gasteiger partial charge in [0.05, 0.1) is 13.7 Å². The summed E-state index contributed by atoms with van der Waals surface area (Å²) in [5.74, 6) is 0.427. The third kappa shape index (κ3) is 3.56. The maximum atomic E-state index is 13.8. The summed E-state index contributed by atoms with van der Waals surface area (Å²) in [7, 11) is 1.41. The van der Waals surface area contributed by atoms with Crippen LogP contribution in [-0.4, -0.2) is 35.2 Å². The molecule has 0 fully saturated rings. The Morgan fingerprint density at radius 1 is 1.19 bits per heavy atom. The Balaban J connectivity index is 2.43. The number of methoxy groups -OCH3 is 1. The Kier molecular flexibility index (Phi) is 4.86. The standard InChI is InChI=1S/C14H17FN4O2/c1-4-16-13-17-12(18-14(19-13)21-5-2)9-6-7-11(20-3)10(15)8-9/h6-8H,4-5H2,1-3H3,(H,16,17,18,19).